The summed E-state index contributed by atoms with van der Waals surface area (Å²) in [5.41, 5.74) is 15.3. The lowest BCUT2D eigenvalue weighted by Crippen LogP contribution is -2.65. The Morgan fingerprint density at radius 1 is 0.565 bits per heavy atom. The number of nitrogens with one attached hydrogen (secondary N) is 4. The molecule has 12 aliphatic heterocycles. The molecule has 115 heavy (non-hydrogen) atoms. The summed E-state index contributed by atoms with van der Waals surface area (Å²) in [5, 5.41) is 19.0. The second-order valence-corrected chi connectivity index (χ2v) is 31.8. The van der Waals surface area contributed by atoms with Crippen molar-refractivity contribution in [2.24, 2.45) is 37.4 Å². The number of anilines is 6. The van der Waals surface area contributed by atoms with Gasteiger partial charge in [0.2, 0.25) is 23.6 Å². The van der Waals surface area contributed by atoms with Gasteiger partial charge in [-0.05, 0) is 112 Å². The van der Waals surface area contributed by atoms with E-state index in [1.54, 1.807) is 77.7 Å². The Hall–Kier alpha value is -12.4. The third kappa shape index (κ3) is 15.4. The van der Waals surface area contributed by atoms with Crippen LogP contribution in [0.25, 0.3) is 0 Å². The molecule has 38 heteroatoms. The monoisotopic (exact) mass is 1580 g/mol. The van der Waals surface area contributed by atoms with Crippen molar-refractivity contribution < 1.29 is 71.8 Å². The number of nitrogens with two attached hydrogens (primary N) is 2. The highest BCUT2D eigenvalue weighted by Crippen LogP contribution is 2.40. The minimum Gasteiger partial charge on any atom is -0.438 e. The summed E-state index contributed by atoms with van der Waals surface area (Å²) in [6.07, 6.45) is 18.3. The van der Waals surface area contributed by atoms with Gasteiger partial charge in [-0.2, -0.15) is 10.2 Å². The second kappa shape index (κ2) is 31.2. The minimum absolute atomic E-state index is 0.0357. The molecule has 2 unspecified atom stereocenters. The molecule has 2 spiro atoms. The van der Waals surface area contributed by atoms with Gasteiger partial charge in [-0.15, -0.1) is 0 Å². The number of fused-ring (bicyclic) bond motifs is 2. The van der Waals surface area contributed by atoms with Crippen molar-refractivity contribution >= 4 is 112 Å². The lowest BCUT2D eigenvalue weighted by Gasteiger charge is -2.48. The topological polar surface area (TPSA) is 457 Å². The molecule has 0 saturated carbocycles. The molecule has 10 fully saturated rings. The number of aromatic nitrogens is 8. The standard InChI is InChI=1S/C39H45N11O7.C19H25N9O3.C19H19N3O5/c1-45-17-24(15-42-45)13-29-33(34(40)52)41-16-31(43-29)48-10-2-3-26(19-48)49-22-39(57-38(49)56)20-46(21-39)18-23-8-11-47(12-9-23)25-4-5-27-28(14-25)37(55)50(36(27)54)30-6-7-32(51)44-35(30)53;1-26-7-12(5-23-26)24-17-15(16(20)29)22-6-14(25-17)27-4-2-3-13(8-27)28-11-19(9-21-10-19)31-18(28)30;23-10-11-5-7-21(8-6-11)12-1-2-13-14(9-12)19(27)22(18(13)26)15-3-4-16(24)20-17(15)25/h4-5,14-17,23,26,30H,2-3,6-13,18-22H2,1H3,(H2,40,52)(H,44,51,53);5-7,13,21H,2-4,8-11H2,1H3,(H2,20,29)(H,24,25);1-2,9-11,15H,3-8H2,(H,20,24,25)/t26-,30?;13-;/m11./s1. The van der Waals surface area contributed by atoms with Crippen molar-refractivity contribution in [1.82, 2.24) is 79.9 Å². The molecule has 12 aliphatic rings. The van der Waals surface area contributed by atoms with E-state index < -0.39 is 76.8 Å². The maximum atomic E-state index is 13.3. The van der Waals surface area contributed by atoms with Crippen molar-refractivity contribution in [2.75, 3.05) is 123 Å². The SMILES string of the molecule is Cn1cc(Cc2nc(N3CCC[C@@H](N4CC5(CN(CC6CCN(c7ccc8c(c7)C(=O)N(C7CCC(=O)NC7=O)C8=O)CC6)C5)OC4=O)C3)cnc2C(N)=O)cn1.Cn1cc(Nc2nc(N3CCC[C@@H](N4CC5(CNC5)OC4=O)C3)cnc2C(N)=O)cn1.O=CC1CCN(c2ccc3c(c2)C(=O)N(C2CCC(=O)NC2=O)C3=O)CC1. The van der Waals surface area contributed by atoms with Crippen LogP contribution in [0.5, 0.6) is 0 Å². The Kier molecular flexibility index (Phi) is 20.8. The Labute approximate surface area is 658 Å². The number of nitrogens with zero attached hydrogens (tertiary/aromatic N) is 17. The molecule has 8 N–H and O–H groups in total. The maximum absolute atomic E-state index is 13.3. The highest BCUT2D eigenvalue weighted by molar-refractivity contribution is 6.25. The minimum atomic E-state index is -0.989. The van der Waals surface area contributed by atoms with Crippen LogP contribution in [0.3, 0.4) is 0 Å². The van der Waals surface area contributed by atoms with Crippen molar-refractivity contribution in [3.8, 4) is 0 Å². The van der Waals surface area contributed by atoms with Gasteiger partial charge in [-0.25, -0.2) is 29.5 Å². The van der Waals surface area contributed by atoms with E-state index in [1.165, 1.54) is 0 Å². The number of hydrogen-bond acceptors (Lipinski definition) is 28. The number of aldehydes is 1. The smallest absolute Gasteiger partial charge is 0.410 e. The molecule has 4 aromatic heterocycles. The number of hydrogen-bond donors (Lipinski definition) is 6. The molecule has 18 rings (SSSR count). The fourth-order valence-corrected chi connectivity index (χ4v) is 17.8. The van der Waals surface area contributed by atoms with Gasteiger partial charge in [0.1, 0.15) is 35.7 Å². The molecular formula is C77H89N23O15. The van der Waals surface area contributed by atoms with E-state index in [-0.39, 0.29) is 101 Å². The first-order valence-corrected chi connectivity index (χ1v) is 39.0. The summed E-state index contributed by atoms with van der Waals surface area (Å²) in [7, 11) is 3.62. The van der Waals surface area contributed by atoms with Gasteiger partial charge in [0.25, 0.3) is 35.4 Å². The normalized spacial score (nSPS) is 23.4. The summed E-state index contributed by atoms with van der Waals surface area (Å²) in [6.45, 7) is 10.6. The number of ether oxygens (including phenoxy) is 2. The number of primary amides is 2. The van der Waals surface area contributed by atoms with E-state index in [0.29, 0.717) is 101 Å². The van der Waals surface area contributed by atoms with Gasteiger partial charge in [0.05, 0.1) is 83.6 Å². The number of piperidine rings is 6. The number of imide groups is 4. The average Bonchev–Trinajstić information content (AvgIpc) is 1.62. The maximum Gasteiger partial charge on any atom is 0.410 e. The first-order chi connectivity index (χ1) is 55.3. The summed E-state index contributed by atoms with van der Waals surface area (Å²) >= 11 is 0. The predicted octanol–water partition coefficient (Wildman–Crippen LogP) is 1.01. The van der Waals surface area contributed by atoms with Crippen LogP contribution in [0.15, 0.2) is 73.6 Å². The Balaban J connectivity index is 0.000000144. The molecule has 16 heterocycles. The van der Waals surface area contributed by atoms with Crippen LogP contribution in [-0.4, -0.2) is 275 Å². The van der Waals surface area contributed by atoms with E-state index in [0.717, 1.165) is 117 Å². The fourth-order valence-electron chi connectivity index (χ4n) is 17.8. The largest absolute Gasteiger partial charge is 0.438 e. The number of aryl methyl sites for hydroxylation is 2. The van der Waals surface area contributed by atoms with Gasteiger partial charge in [-0.1, -0.05) is 0 Å². The number of carbonyl (C=O) groups is 13. The molecule has 2 aromatic carbocycles. The number of benzene rings is 2. The summed E-state index contributed by atoms with van der Waals surface area (Å²) in [4.78, 5) is 195. The molecule has 10 saturated heterocycles. The van der Waals surface area contributed by atoms with Crippen LogP contribution in [0.4, 0.5) is 44.1 Å². The van der Waals surface area contributed by atoms with Crippen LogP contribution in [0.2, 0.25) is 0 Å². The molecule has 0 radical (unpaired) electrons. The number of rotatable bonds is 17. The van der Waals surface area contributed by atoms with Crippen molar-refractivity contribution in [1.29, 1.82) is 0 Å². The van der Waals surface area contributed by atoms with Crippen LogP contribution < -0.4 is 52.3 Å². The van der Waals surface area contributed by atoms with Crippen LogP contribution in [0, 0.1) is 11.8 Å². The Bertz CT molecular complexity index is 4960. The van der Waals surface area contributed by atoms with Gasteiger partial charge < -0.3 is 56.0 Å². The van der Waals surface area contributed by atoms with Gasteiger partial charge >= 0.3 is 12.2 Å². The van der Waals surface area contributed by atoms with Gasteiger partial charge in [-0.3, -0.25) is 92.4 Å². The van der Waals surface area contributed by atoms with Gasteiger partial charge in [0, 0.05) is 148 Å². The third-order valence-electron chi connectivity index (χ3n) is 23.8. The van der Waals surface area contributed by atoms with Crippen molar-refractivity contribution in [3.63, 3.8) is 0 Å². The molecule has 0 aliphatic carbocycles. The van der Waals surface area contributed by atoms with Crippen LogP contribution in [-0.2, 0) is 54.0 Å². The van der Waals surface area contributed by atoms with E-state index >= 15 is 0 Å². The molecule has 6 aromatic rings. The van der Waals surface area contributed by atoms with E-state index in [2.05, 4.69) is 70.9 Å². The van der Waals surface area contributed by atoms with E-state index in [1.807, 2.05) is 29.1 Å². The Morgan fingerprint density at radius 2 is 1.07 bits per heavy atom. The lowest BCUT2D eigenvalue weighted by molar-refractivity contribution is -0.137. The third-order valence-corrected chi connectivity index (χ3v) is 23.8. The first kappa shape index (κ1) is 76.6. The van der Waals surface area contributed by atoms with Gasteiger partial charge in [0.15, 0.2) is 22.7 Å². The van der Waals surface area contributed by atoms with E-state index in [4.69, 9.17) is 25.9 Å². The highest BCUT2D eigenvalue weighted by atomic mass is 16.6. The van der Waals surface area contributed by atoms with Crippen LogP contribution in [0.1, 0.15) is 151 Å². The molecule has 12 amide bonds. The molecular weight excluding hydrogens is 1490 g/mol. The predicted molar refractivity (Wildman–Crippen MR) is 407 cm³/mol. The number of carbonyl (C=O) groups excluding carboxylic acids is 13. The molecule has 4 atom stereocenters. The summed E-state index contributed by atoms with van der Waals surface area (Å²) in [6, 6.07) is 8.41. The molecule has 602 valence electrons. The quantitative estimate of drug-likeness (QED) is 0.0548. The average molecular weight is 1580 g/mol. The fraction of sp³-hybridized carbons (Fsp3) is 0.494. The Morgan fingerprint density at radius 3 is 1.56 bits per heavy atom. The summed E-state index contributed by atoms with van der Waals surface area (Å²) < 4.78 is 15.0. The molecule has 0 bridgehead atoms. The zero-order chi connectivity index (χ0) is 80.3. The second-order valence-electron chi connectivity index (χ2n) is 31.8. The van der Waals surface area contributed by atoms with Crippen LogP contribution >= 0.6 is 0 Å². The zero-order valence-electron chi connectivity index (χ0n) is 63.6. The van der Waals surface area contributed by atoms with Crippen molar-refractivity contribution in [3.05, 3.63) is 118 Å². The first-order valence-electron chi connectivity index (χ1n) is 39.0. The van der Waals surface area contributed by atoms with Crippen molar-refractivity contribution in [2.45, 2.75) is 119 Å². The lowest BCUT2D eigenvalue weighted by atomic mass is 9.89. The number of amides is 12. The van der Waals surface area contributed by atoms with E-state index in [9.17, 15) is 62.3 Å². The highest BCUT2D eigenvalue weighted by Gasteiger charge is 2.56. The molecule has 38 nitrogen and oxygen atoms in total. The zero-order valence-corrected chi connectivity index (χ0v) is 63.6. The number of likely N-dealkylation sites (tertiary alicyclic amines) is 1. The summed E-state index contributed by atoms with van der Waals surface area (Å²) in [5.74, 6) is -3.28.